The standard InChI is InChI=1S/C17H16FN5OS/c1-12(16(24)22(2)14-8-4-3-5-9-14)25-17-19-20-21-23(17)15-10-6-7-13(18)11-15/h3-12H,1-2H3/t12-/m1/s1. The molecule has 2 aromatic carbocycles. The molecular weight excluding hydrogens is 341 g/mol. The molecule has 0 unspecified atom stereocenters. The van der Waals surface area contributed by atoms with E-state index in [1.54, 1.807) is 31.0 Å². The Hall–Kier alpha value is -2.74. The molecule has 0 aliphatic heterocycles. The predicted molar refractivity (Wildman–Crippen MR) is 94.3 cm³/mol. The number of hydrogen-bond acceptors (Lipinski definition) is 5. The van der Waals surface area contributed by atoms with Crippen LogP contribution in [-0.2, 0) is 4.79 Å². The fraction of sp³-hybridized carbons (Fsp3) is 0.176. The summed E-state index contributed by atoms with van der Waals surface area (Å²) in [7, 11) is 1.73. The Balaban J connectivity index is 1.77. The highest BCUT2D eigenvalue weighted by atomic mass is 32.2. The first kappa shape index (κ1) is 17.1. The molecule has 1 amide bonds. The summed E-state index contributed by atoms with van der Waals surface area (Å²) >= 11 is 1.22. The number of hydrogen-bond donors (Lipinski definition) is 0. The smallest absolute Gasteiger partial charge is 0.240 e. The average molecular weight is 357 g/mol. The number of benzene rings is 2. The van der Waals surface area contributed by atoms with Crippen LogP contribution in [0.15, 0.2) is 59.8 Å². The lowest BCUT2D eigenvalue weighted by Crippen LogP contribution is -2.33. The number of amides is 1. The second-order valence-electron chi connectivity index (χ2n) is 5.35. The van der Waals surface area contributed by atoms with Gasteiger partial charge in [0, 0.05) is 12.7 Å². The van der Waals surface area contributed by atoms with Crippen LogP contribution in [0.1, 0.15) is 6.92 Å². The number of anilines is 1. The van der Waals surface area contributed by atoms with Gasteiger partial charge in [-0.15, -0.1) is 5.10 Å². The van der Waals surface area contributed by atoms with Crippen LogP contribution in [0.5, 0.6) is 0 Å². The van der Waals surface area contributed by atoms with Crippen molar-refractivity contribution in [2.75, 3.05) is 11.9 Å². The highest BCUT2D eigenvalue weighted by molar-refractivity contribution is 8.00. The fourth-order valence-electron chi connectivity index (χ4n) is 2.28. The molecule has 0 aliphatic carbocycles. The van der Waals surface area contributed by atoms with Gasteiger partial charge in [-0.1, -0.05) is 36.0 Å². The van der Waals surface area contributed by atoms with Crippen LogP contribution >= 0.6 is 11.8 Å². The summed E-state index contributed by atoms with van der Waals surface area (Å²) in [5.41, 5.74) is 1.31. The minimum atomic E-state index is -0.413. The first-order valence-corrected chi connectivity index (χ1v) is 8.48. The zero-order chi connectivity index (χ0) is 17.8. The normalized spacial score (nSPS) is 12.0. The molecule has 0 N–H and O–H groups in total. The Morgan fingerprint density at radius 1 is 1.20 bits per heavy atom. The summed E-state index contributed by atoms with van der Waals surface area (Å²) < 4.78 is 14.8. The lowest BCUT2D eigenvalue weighted by molar-refractivity contribution is -0.117. The number of aromatic nitrogens is 4. The third-order valence-electron chi connectivity index (χ3n) is 3.60. The van der Waals surface area contributed by atoms with E-state index in [-0.39, 0.29) is 11.7 Å². The molecule has 0 bridgehead atoms. The number of halogens is 1. The molecule has 1 atom stereocenters. The first-order valence-electron chi connectivity index (χ1n) is 7.60. The van der Waals surface area contributed by atoms with Crippen molar-refractivity contribution >= 4 is 23.4 Å². The fourth-order valence-corrected chi connectivity index (χ4v) is 3.18. The lowest BCUT2D eigenvalue weighted by atomic mass is 10.3. The van der Waals surface area contributed by atoms with Crippen molar-refractivity contribution < 1.29 is 9.18 Å². The van der Waals surface area contributed by atoms with Crippen molar-refractivity contribution in [1.29, 1.82) is 0 Å². The van der Waals surface area contributed by atoms with Crippen LogP contribution in [0, 0.1) is 5.82 Å². The maximum Gasteiger partial charge on any atom is 0.240 e. The molecule has 3 rings (SSSR count). The minimum absolute atomic E-state index is 0.0787. The van der Waals surface area contributed by atoms with Crippen LogP contribution in [0.4, 0.5) is 10.1 Å². The third kappa shape index (κ3) is 3.85. The van der Waals surface area contributed by atoms with E-state index in [1.165, 1.54) is 28.6 Å². The predicted octanol–water partition coefficient (Wildman–Crippen LogP) is 2.95. The molecule has 0 fully saturated rings. The van der Waals surface area contributed by atoms with Gasteiger partial charge >= 0.3 is 0 Å². The number of carbonyl (C=O) groups excluding carboxylic acids is 1. The Labute approximate surface area is 148 Å². The quantitative estimate of drug-likeness (QED) is 0.657. The van der Waals surface area contributed by atoms with Crippen molar-refractivity contribution in [3.63, 3.8) is 0 Å². The first-order chi connectivity index (χ1) is 12.1. The monoisotopic (exact) mass is 357 g/mol. The number of rotatable bonds is 5. The molecule has 0 saturated heterocycles. The Morgan fingerprint density at radius 3 is 2.68 bits per heavy atom. The molecule has 128 valence electrons. The second-order valence-corrected chi connectivity index (χ2v) is 6.65. The topological polar surface area (TPSA) is 63.9 Å². The van der Waals surface area contributed by atoms with E-state index < -0.39 is 5.25 Å². The van der Waals surface area contributed by atoms with E-state index in [2.05, 4.69) is 15.5 Å². The summed E-state index contributed by atoms with van der Waals surface area (Å²) in [6.45, 7) is 1.79. The zero-order valence-electron chi connectivity index (χ0n) is 13.7. The van der Waals surface area contributed by atoms with Gasteiger partial charge in [-0.3, -0.25) is 4.79 Å². The lowest BCUT2D eigenvalue weighted by Gasteiger charge is -2.20. The van der Waals surface area contributed by atoms with Crippen LogP contribution in [0.3, 0.4) is 0 Å². The van der Waals surface area contributed by atoms with Crippen molar-refractivity contribution in [2.24, 2.45) is 0 Å². The Bertz CT molecular complexity index is 870. The molecule has 8 heteroatoms. The van der Waals surface area contributed by atoms with E-state index in [9.17, 15) is 9.18 Å². The second kappa shape index (κ2) is 7.43. The van der Waals surface area contributed by atoms with Gasteiger partial charge in [0.2, 0.25) is 11.1 Å². The maximum absolute atomic E-state index is 13.4. The van der Waals surface area contributed by atoms with Crippen LogP contribution < -0.4 is 4.90 Å². The van der Waals surface area contributed by atoms with Crippen LogP contribution in [0.2, 0.25) is 0 Å². The number of tetrazole rings is 1. The minimum Gasteiger partial charge on any atom is -0.315 e. The third-order valence-corrected chi connectivity index (χ3v) is 4.62. The van der Waals surface area contributed by atoms with E-state index in [4.69, 9.17) is 0 Å². The molecule has 1 aromatic heterocycles. The summed E-state index contributed by atoms with van der Waals surface area (Å²) in [5.74, 6) is -0.457. The van der Waals surface area contributed by atoms with Crippen molar-refractivity contribution in [3.05, 3.63) is 60.4 Å². The molecular formula is C17H16FN5OS. The van der Waals surface area contributed by atoms with E-state index >= 15 is 0 Å². The van der Waals surface area contributed by atoms with Crippen molar-refractivity contribution in [2.45, 2.75) is 17.3 Å². The van der Waals surface area contributed by atoms with E-state index in [0.717, 1.165) is 5.69 Å². The van der Waals surface area contributed by atoms with E-state index in [1.807, 2.05) is 30.3 Å². The van der Waals surface area contributed by atoms with E-state index in [0.29, 0.717) is 10.8 Å². The van der Waals surface area contributed by atoms with Gasteiger partial charge in [-0.25, -0.2) is 4.39 Å². The molecule has 3 aromatic rings. The number of carbonyl (C=O) groups is 1. The number of thioether (sulfide) groups is 1. The summed E-state index contributed by atoms with van der Waals surface area (Å²) in [6, 6.07) is 15.4. The molecule has 6 nitrogen and oxygen atoms in total. The molecule has 25 heavy (non-hydrogen) atoms. The SMILES string of the molecule is C[C@@H](Sc1nnnn1-c1cccc(F)c1)C(=O)N(C)c1ccccc1. The average Bonchev–Trinajstić information content (AvgIpc) is 3.09. The summed E-state index contributed by atoms with van der Waals surface area (Å²) in [5, 5.41) is 11.5. The summed E-state index contributed by atoms with van der Waals surface area (Å²) in [6.07, 6.45) is 0. The Kier molecular flexibility index (Phi) is 5.08. The van der Waals surface area contributed by atoms with Crippen LogP contribution in [0.25, 0.3) is 5.69 Å². The maximum atomic E-state index is 13.4. The summed E-state index contributed by atoms with van der Waals surface area (Å²) in [4.78, 5) is 14.2. The molecule has 0 aliphatic rings. The molecule has 0 spiro atoms. The van der Waals surface area contributed by atoms with Gasteiger partial charge in [0.1, 0.15) is 5.82 Å². The Morgan fingerprint density at radius 2 is 1.96 bits per heavy atom. The van der Waals surface area contributed by atoms with Gasteiger partial charge in [-0.2, -0.15) is 4.68 Å². The largest absolute Gasteiger partial charge is 0.315 e. The van der Waals surface area contributed by atoms with Crippen molar-refractivity contribution in [1.82, 2.24) is 20.2 Å². The van der Waals surface area contributed by atoms with Gasteiger partial charge < -0.3 is 4.90 Å². The molecule has 0 saturated carbocycles. The molecule has 0 radical (unpaired) electrons. The number of nitrogens with zero attached hydrogens (tertiary/aromatic N) is 5. The van der Waals surface area contributed by atoms with Crippen LogP contribution in [-0.4, -0.2) is 38.4 Å². The van der Waals surface area contributed by atoms with Crippen molar-refractivity contribution in [3.8, 4) is 5.69 Å². The highest BCUT2D eigenvalue weighted by Crippen LogP contribution is 2.25. The van der Waals surface area contributed by atoms with Gasteiger partial charge in [-0.05, 0) is 47.7 Å². The molecule has 1 heterocycles. The number of para-hydroxylation sites is 1. The van der Waals surface area contributed by atoms with Gasteiger partial charge in [0.15, 0.2) is 0 Å². The highest BCUT2D eigenvalue weighted by Gasteiger charge is 2.23. The van der Waals surface area contributed by atoms with Gasteiger partial charge in [0.05, 0.1) is 10.9 Å². The zero-order valence-corrected chi connectivity index (χ0v) is 14.5. The van der Waals surface area contributed by atoms with Gasteiger partial charge in [0.25, 0.3) is 0 Å².